The highest BCUT2D eigenvalue weighted by molar-refractivity contribution is 5.96. The standard InChI is InChI=1S/C25H31N3O3/c1-18(2)16-31-23(29)10-12-25(21-6-4-3-5-7-21)17-27-24(30)28(25)22-9-8-20-15-26-13-11-19(20)14-22/h3-9,14,18,26H,10-13,15-17H2,1-2H3,(H,27,30). The van der Waals surface area contributed by atoms with Gasteiger partial charge >= 0.3 is 12.0 Å². The lowest BCUT2D eigenvalue weighted by Gasteiger charge is -2.38. The topological polar surface area (TPSA) is 70.7 Å². The Bertz CT molecular complexity index is 944. The van der Waals surface area contributed by atoms with Crippen LogP contribution in [-0.2, 0) is 28.0 Å². The number of benzene rings is 2. The quantitative estimate of drug-likeness (QED) is 0.668. The lowest BCUT2D eigenvalue weighted by Crippen LogP contribution is -2.45. The van der Waals surface area contributed by atoms with E-state index in [0.29, 0.717) is 25.5 Å². The van der Waals surface area contributed by atoms with Gasteiger partial charge in [0.25, 0.3) is 0 Å². The molecule has 0 spiro atoms. The summed E-state index contributed by atoms with van der Waals surface area (Å²) >= 11 is 0. The maximum atomic E-state index is 13.1. The molecule has 1 atom stereocenters. The first-order valence-corrected chi connectivity index (χ1v) is 11.1. The third-order valence-corrected chi connectivity index (χ3v) is 6.13. The van der Waals surface area contributed by atoms with Crippen molar-refractivity contribution in [1.29, 1.82) is 0 Å². The molecule has 2 aromatic carbocycles. The van der Waals surface area contributed by atoms with Crippen LogP contribution in [-0.4, -0.2) is 31.7 Å². The molecule has 2 N–H and O–H groups in total. The number of carbonyl (C=O) groups excluding carboxylic acids is 2. The number of hydrogen-bond donors (Lipinski definition) is 2. The van der Waals surface area contributed by atoms with E-state index in [0.717, 1.165) is 30.8 Å². The molecule has 0 saturated carbocycles. The van der Waals surface area contributed by atoms with Crippen LogP contribution < -0.4 is 15.5 Å². The number of urea groups is 1. The van der Waals surface area contributed by atoms with E-state index in [1.54, 1.807) is 0 Å². The van der Waals surface area contributed by atoms with Crippen LogP contribution in [0.4, 0.5) is 10.5 Å². The van der Waals surface area contributed by atoms with Crippen molar-refractivity contribution in [2.75, 3.05) is 24.6 Å². The van der Waals surface area contributed by atoms with Gasteiger partial charge in [-0.1, -0.05) is 50.2 Å². The highest BCUT2D eigenvalue weighted by Crippen LogP contribution is 2.41. The fourth-order valence-corrected chi connectivity index (χ4v) is 4.51. The SMILES string of the molecule is CC(C)COC(=O)CCC1(c2ccccc2)CNC(=O)N1c1ccc2c(c1)CCNC2. The average Bonchev–Trinajstić information content (AvgIpc) is 3.13. The zero-order valence-corrected chi connectivity index (χ0v) is 18.3. The van der Waals surface area contributed by atoms with Gasteiger partial charge in [-0.05, 0) is 54.1 Å². The van der Waals surface area contributed by atoms with Gasteiger partial charge in [0.2, 0.25) is 0 Å². The first-order chi connectivity index (χ1) is 15.0. The van der Waals surface area contributed by atoms with Gasteiger partial charge in [-0.15, -0.1) is 0 Å². The molecule has 0 aromatic heterocycles. The lowest BCUT2D eigenvalue weighted by molar-refractivity contribution is -0.145. The molecule has 6 heteroatoms. The van der Waals surface area contributed by atoms with E-state index in [-0.39, 0.29) is 18.4 Å². The van der Waals surface area contributed by atoms with Crippen molar-refractivity contribution in [2.24, 2.45) is 5.92 Å². The Balaban J connectivity index is 1.67. The number of rotatable bonds is 7. The van der Waals surface area contributed by atoms with E-state index < -0.39 is 5.54 Å². The molecular weight excluding hydrogens is 390 g/mol. The van der Waals surface area contributed by atoms with Crippen molar-refractivity contribution in [3.63, 3.8) is 0 Å². The van der Waals surface area contributed by atoms with Gasteiger partial charge in [-0.2, -0.15) is 0 Å². The van der Waals surface area contributed by atoms with E-state index in [4.69, 9.17) is 4.74 Å². The molecule has 2 aliphatic heterocycles. The molecule has 1 saturated heterocycles. The number of anilines is 1. The minimum atomic E-state index is -0.643. The number of fused-ring (bicyclic) bond motifs is 1. The smallest absolute Gasteiger partial charge is 0.322 e. The number of ether oxygens (including phenoxy) is 1. The Hall–Kier alpha value is -2.86. The Labute approximate surface area is 184 Å². The number of carbonyl (C=O) groups is 2. The van der Waals surface area contributed by atoms with Crippen molar-refractivity contribution < 1.29 is 14.3 Å². The van der Waals surface area contributed by atoms with Gasteiger partial charge in [-0.3, -0.25) is 9.69 Å². The van der Waals surface area contributed by atoms with Crippen LogP contribution in [0.15, 0.2) is 48.5 Å². The Morgan fingerprint density at radius 2 is 1.97 bits per heavy atom. The molecule has 2 aromatic rings. The largest absolute Gasteiger partial charge is 0.465 e. The van der Waals surface area contributed by atoms with E-state index in [9.17, 15) is 9.59 Å². The molecule has 0 aliphatic carbocycles. The molecule has 6 nitrogen and oxygen atoms in total. The summed E-state index contributed by atoms with van der Waals surface area (Å²) in [6.07, 6.45) is 1.69. The number of esters is 1. The third-order valence-electron chi connectivity index (χ3n) is 6.13. The van der Waals surface area contributed by atoms with Crippen LogP contribution in [0, 0.1) is 5.92 Å². The van der Waals surface area contributed by atoms with Crippen molar-refractivity contribution in [1.82, 2.24) is 10.6 Å². The summed E-state index contributed by atoms with van der Waals surface area (Å²) in [5, 5.41) is 6.42. The van der Waals surface area contributed by atoms with Gasteiger partial charge in [-0.25, -0.2) is 4.79 Å². The minimum Gasteiger partial charge on any atom is -0.465 e. The summed E-state index contributed by atoms with van der Waals surface area (Å²) < 4.78 is 5.42. The molecule has 1 fully saturated rings. The Kier molecular flexibility index (Phi) is 6.28. The van der Waals surface area contributed by atoms with Gasteiger partial charge in [0.05, 0.1) is 12.1 Å². The predicted octanol–water partition coefficient (Wildman–Crippen LogP) is 3.74. The van der Waals surface area contributed by atoms with Crippen molar-refractivity contribution in [3.05, 3.63) is 65.2 Å². The van der Waals surface area contributed by atoms with Gasteiger partial charge in [0.15, 0.2) is 0 Å². The second-order valence-electron chi connectivity index (χ2n) is 8.85. The maximum absolute atomic E-state index is 13.1. The molecule has 4 rings (SSSR count). The van der Waals surface area contributed by atoms with Gasteiger partial charge in [0, 0.05) is 25.2 Å². The summed E-state index contributed by atoms with van der Waals surface area (Å²) in [6.45, 7) is 6.70. The van der Waals surface area contributed by atoms with Crippen LogP contribution in [0.3, 0.4) is 0 Å². The molecule has 2 aliphatic rings. The van der Waals surface area contributed by atoms with E-state index in [1.165, 1.54) is 11.1 Å². The molecule has 1 unspecified atom stereocenters. The number of hydrogen-bond acceptors (Lipinski definition) is 4. The normalized spacial score (nSPS) is 20.5. The van der Waals surface area contributed by atoms with Crippen LogP contribution >= 0.6 is 0 Å². The molecular formula is C25H31N3O3. The number of amides is 2. The van der Waals surface area contributed by atoms with Crippen LogP contribution in [0.5, 0.6) is 0 Å². The highest BCUT2D eigenvalue weighted by atomic mass is 16.5. The highest BCUT2D eigenvalue weighted by Gasteiger charge is 2.47. The average molecular weight is 422 g/mol. The Morgan fingerprint density at radius 1 is 1.16 bits per heavy atom. The third kappa shape index (κ3) is 4.44. The summed E-state index contributed by atoms with van der Waals surface area (Å²) in [5.74, 6) is 0.0723. The Morgan fingerprint density at radius 3 is 2.74 bits per heavy atom. The van der Waals surface area contributed by atoms with E-state index in [2.05, 4.69) is 22.8 Å². The van der Waals surface area contributed by atoms with E-state index >= 15 is 0 Å². The first-order valence-electron chi connectivity index (χ1n) is 11.1. The van der Waals surface area contributed by atoms with Crippen molar-refractivity contribution >= 4 is 17.7 Å². The van der Waals surface area contributed by atoms with Crippen LogP contribution in [0.1, 0.15) is 43.4 Å². The van der Waals surface area contributed by atoms with Crippen molar-refractivity contribution in [3.8, 4) is 0 Å². The zero-order valence-electron chi connectivity index (χ0n) is 18.3. The molecule has 2 amide bonds. The maximum Gasteiger partial charge on any atom is 0.322 e. The van der Waals surface area contributed by atoms with Gasteiger partial charge in [0.1, 0.15) is 0 Å². The predicted molar refractivity (Wildman–Crippen MR) is 121 cm³/mol. The summed E-state index contributed by atoms with van der Waals surface area (Å²) in [7, 11) is 0. The summed E-state index contributed by atoms with van der Waals surface area (Å²) in [5.41, 5.74) is 3.79. The minimum absolute atomic E-state index is 0.131. The fraction of sp³-hybridized carbons (Fsp3) is 0.440. The second kappa shape index (κ2) is 9.10. The lowest BCUT2D eigenvalue weighted by atomic mass is 9.84. The fourth-order valence-electron chi connectivity index (χ4n) is 4.51. The number of nitrogens with one attached hydrogen (secondary N) is 2. The summed E-state index contributed by atoms with van der Waals surface area (Å²) in [6, 6.07) is 16.1. The molecule has 0 radical (unpaired) electrons. The van der Waals surface area contributed by atoms with E-state index in [1.807, 2.05) is 55.1 Å². The monoisotopic (exact) mass is 421 g/mol. The van der Waals surface area contributed by atoms with Crippen molar-refractivity contribution in [2.45, 2.75) is 45.2 Å². The molecule has 31 heavy (non-hydrogen) atoms. The molecule has 2 heterocycles. The van der Waals surface area contributed by atoms with Crippen LogP contribution in [0.25, 0.3) is 0 Å². The van der Waals surface area contributed by atoms with Crippen LogP contribution in [0.2, 0.25) is 0 Å². The van der Waals surface area contributed by atoms with Gasteiger partial charge < -0.3 is 15.4 Å². The molecule has 164 valence electrons. The first kappa shape index (κ1) is 21.4. The number of nitrogens with zero attached hydrogens (tertiary/aromatic N) is 1. The zero-order chi connectivity index (χ0) is 21.8. The summed E-state index contributed by atoms with van der Waals surface area (Å²) in [4.78, 5) is 27.4. The molecule has 0 bridgehead atoms. The second-order valence-corrected chi connectivity index (χ2v) is 8.85.